The van der Waals surface area contributed by atoms with Crippen LogP contribution in [0.4, 0.5) is 0 Å². The van der Waals surface area contributed by atoms with E-state index in [0.717, 1.165) is 60.4 Å². The van der Waals surface area contributed by atoms with Crippen molar-refractivity contribution < 1.29 is 4.42 Å². The number of furan rings is 1. The van der Waals surface area contributed by atoms with E-state index in [-0.39, 0.29) is 0 Å². The van der Waals surface area contributed by atoms with E-state index in [0.29, 0.717) is 17.6 Å². The van der Waals surface area contributed by atoms with Gasteiger partial charge in [0.15, 0.2) is 11.6 Å². The highest BCUT2D eigenvalue weighted by Crippen LogP contribution is 2.40. The normalized spacial score (nSPS) is 11.9. The van der Waals surface area contributed by atoms with Crippen molar-refractivity contribution >= 4 is 76.1 Å². The molecule has 56 heavy (non-hydrogen) atoms. The maximum absolute atomic E-state index is 6.70. The maximum Gasteiger partial charge on any atom is 0.238 e. The topological polar surface area (TPSA) is 56.7 Å². The van der Waals surface area contributed by atoms with Gasteiger partial charge in [-0.3, -0.25) is 4.57 Å². The van der Waals surface area contributed by atoms with Gasteiger partial charge in [0.2, 0.25) is 5.95 Å². The van der Waals surface area contributed by atoms with E-state index in [1.807, 2.05) is 0 Å². The average molecular weight is 715 g/mol. The Bertz CT molecular complexity index is 3540. The largest absolute Gasteiger partial charge is 0.455 e. The summed E-state index contributed by atoms with van der Waals surface area (Å²) in [6, 6.07) is 63.9. The van der Waals surface area contributed by atoms with Crippen molar-refractivity contribution in [1.82, 2.24) is 19.5 Å². The Balaban J connectivity index is 1.11. The molecule has 0 bridgehead atoms. The van der Waals surface area contributed by atoms with Crippen LogP contribution in [0.15, 0.2) is 186 Å². The smallest absolute Gasteiger partial charge is 0.238 e. The second kappa shape index (κ2) is 11.9. The lowest BCUT2D eigenvalue weighted by atomic mass is 9.97. The molecule has 3 heterocycles. The van der Waals surface area contributed by atoms with Crippen LogP contribution in [-0.2, 0) is 0 Å². The second-order valence-electron chi connectivity index (χ2n) is 14.4. The molecule has 0 unspecified atom stereocenters. The third-order valence-corrected chi connectivity index (χ3v) is 11.2. The van der Waals surface area contributed by atoms with Crippen molar-refractivity contribution in [3.05, 3.63) is 182 Å². The van der Waals surface area contributed by atoms with Crippen LogP contribution in [0.3, 0.4) is 0 Å². The summed E-state index contributed by atoms with van der Waals surface area (Å²) in [7, 11) is 0. The number of nitrogens with zero attached hydrogens (tertiary/aromatic N) is 4. The Morgan fingerprint density at radius 1 is 0.375 bits per heavy atom. The van der Waals surface area contributed by atoms with E-state index in [4.69, 9.17) is 19.4 Å². The fraction of sp³-hybridized carbons (Fsp3) is 0. The SMILES string of the molecule is c1ccc2cc3c(cc2c1)oc1c(-c2nc(-c4ccc(-c5cccc6ccccc56)cc4)nc(-n4c5ccccc5c5c6ccccc6ccc54)n2)cccc13. The molecule has 9 aromatic carbocycles. The zero-order valence-electron chi connectivity index (χ0n) is 30.0. The summed E-state index contributed by atoms with van der Waals surface area (Å²) in [4.78, 5) is 15.8. The van der Waals surface area contributed by atoms with Gasteiger partial charge in [0.1, 0.15) is 11.2 Å². The van der Waals surface area contributed by atoms with E-state index in [9.17, 15) is 0 Å². The summed E-state index contributed by atoms with van der Waals surface area (Å²) in [5.74, 6) is 1.67. The third-order valence-electron chi connectivity index (χ3n) is 11.2. The Hall–Kier alpha value is -7.63. The van der Waals surface area contributed by atoms with Crippen LogP contribution >= 0.6 is 0 Å². The summed E-state index contributed by atoms with van der Waals surface area (Å²) in [6.45, 7) is 0. The molecule has 0 atom stereocenters. The van der Waals surface area contributed by atoms with Gasteiger partial charge in [-0.2, -0.15) is 9.97 Å². The first-order valence-electron chi connectivity index (χ1n) is 18.9. The van der Waals surface area contributed by atoms with Crippen molar-refractivity contribution in [3.63, 3.8) is 0 Å². The van der Waals surface area contributed by atoms with Gasteiger partial charge in [-0.25, -0.2) is 4.98 Å². The highest BCUT2D eigenvalue weighted by atomic mass is 16.3. The number of benzene rings is 9. The quantitative estimate of drug-likeness (QED) is 0.182. The first kappa shape index (κ1) is 30.8. The summed E-state index contributed by atoms with van der Waals surface area (Å²) in [5, 5.41) is 11.5. The molecule has 0 aliphatic heterocycles. The van der Waals surface area contributed by atoms with Crippen LogP contribution in [0.25, 0.3) is 116 Å². The van der Waals surface area contributed by atoms with Gasteiger partial charge in [0, 0.05) is 27.1 Å². The molecule has 12 aromatic rings. The van der Waals surface area contributed by atoms with E-state index in [1.165, 1.54) is 37.9 Å². The first-order valence-corrected chi connectivity index (χ1v) is 18.9. The molecule has 0 N–H and O–H groups in total. The average Bonchev–Trinajstić information content (AvgIpc) is 3.81. The molecule has 0 amide bonds. The lowest BCUT2D eigenvalue weighted by Crippen LogP contribution is -2.06. The summed E-state index contributed by atoms with van der Waals surface area (Å²) in [6.07, 6.45) is 0. The molecule has 0 spiro atoms. The standard InChI is InChI=1S/C51H30N4O/c1-2-14-36-30-46-43(29-35(36)13-1)40-20-10-21-42(48(40)56-46)50-52-49(34-25-23-33(24-26-34)38-19-9-15-31-11-3-5-16-37(31)38)53-51(54-50)55-44-22-8-7-18-41(44)47-39-17-6-4-12-32(39)27-28-45(47)55/h1-30H. The van der Waals surface area contributed by atoms with Crippen molar-refractivity contribution in [2.75, 3.05) is 0 Å². The lowest BCUT2D eigenvalue weighted by molar-refractivity contribution is 0.670. The van der Waals surface area contributed by atoms with E-state index >= 15 is 0 Å². The van der Waals surface area contributed by atoms with Crippen LogP contribution in [-0.4, -0.2) is 19.5 Å². The van der Waals surface area contributed by atoms with Gasteiger partial charge in [0.25, 0.3) is 0 Å². The highest BCUT2D eigenvalue weighted by molar-refractivity contribution is 6.21. The third kappa shape index (κ3) is 4.64. The Morgan fingerprint density at radius 3 is 1.82 bits per heavy atom. The molecule has 0 aliphatic rings. The van der Waals surface area contributed by atoms with Crippen LogP contribution in [0.1, 0.15) is 0 Å². The van der Waals surface area contributed by atoms with Gasteiger partial charge in [0.05, 0.1) is 16.6 Å². The molecular formula is C51H30N4O. The van der Waals surface area contributed by atoms with Crippen molar-refractivity contribution in [3.8, 4) is 39.9 Å². The summed E-state index contributed by atoms with van der Waals surface area (Å²) < 4.78 is 8.89. The molecule has 5 nitrogen and oxygen atoms in total. The number of hydrogen-bond donors (Lipinski definition) is 0. The number of fused-ring (bicyclic) bond motifs is 10. The highest BCUT2D eigenvalue weighted by Gasteiger charge is 2.21. The van der Waals surface area contributed by atoms with E-state index in [2.05, 4.69) is 187 Å². The van der Waals surface area contributed by atoms with E-state index in [1.54, 1.807) is 0 Å². The minimum absolute atomic E-state index is 0.545. The van der Waals surface area contributed by atoms with Crippen LogP contribution in [0, 0.1) is 0 Å². The maximum atomic E-state index is 6.70. The molecule has 0 fully saturated rings. The molecule has 0 aliphatic carbocycles. The number of hydrogen-bond acceptors (Lipinski definition) is 4. The molecule has 260 valence electrons. The van der Waals surface area contributed by atoms with Crippen molar-refractivity contribution in [1.29, 1.82) is 0 Å². The number of rotatable bonds is 4. The van der Waals surface area contributed by atoms with Gasteiger partial charge in [-0.05, 0) is 73.8 Å². The van der Waals surface area contributed by atoms with Crippen molar-refractivity contribution in [2.24, 2.45) is 0 Å². The monoisotopic (exact) mass is 714 g/mol. The van der Waals surface area contributed by atoms with Crippen molar-refractivity contribution in [2.45, 2.75) is 0 Å². The number of para-hydroxylation sites is 2. The Morgan fingerprint density at radius 2 is 0.982 bits per heavy atom. The molecule has 0 saturated carbocycles. The zero-order valence-corrected chi connectivity index (χ0v) is 30.0. The fourth-order valence-corrected chi connectivity index (χ4v) is 8.60. The van der Waals surface area contributed by atoms with Crippen LogP contribution in [0.2, 0.25) is 0 Å². The second-order valence-corrected chi connectivity index (χ2v) is 14.4. The molecule has 5 heteroatoms. The van der Waals surface area contributed by atoms with Gasteiger partial charge in [-0.1, -0.05) is 152 Å². The van der Waals surface area contributed by atoms with Gasteiger partial charge >= 0.3 is 0 Å². The Labute approximate surface area is 320 Å². The van der Waals surface area contributed by atoms with Gasteiger partial charge < -0.3 is 4.42 Å². The predicted molar refractivity (Wildman–Crippen MR) is 230 cm³/mol. The molecular weight excluding hydrogens is 685 g/mol. The van der Waals surface area contributed by atoms with Gasteiger partial charge in [-0.15, -0.1) is 0 Å². The predicted octanol–water partition coefficient (Wildman–Crippen LogP) is 13.3. The molecule has 12 rings (SSSR count). The fourth-order valence-electron chi connectivity index (χ4n) is 8.60. The first-order chi connectivity index (χ1) is 27.7. The zero-order chi connectivity index (χ0) is 36.7. The summed E-state index contributed by atoms with van der Waals surface area (Å²) in [5.41, 5.74) is 7.68. The van der Waals surface area contributed by atoms with E-state index < -0.39 is 0 Å². The summed E-state index contributed by atoms with van der Waals surface area (Å²) >= 11 is 0. The molecule has 0 saturated heterocycles. The lowest BCUT2D eigenvalue weighted by Gasteiger charge is -2.12. The Kier molecular flexibility index (Phi) is 6.56. The minimum atomic E-state index is 0.545. The molecule has 3 aromatic heterocycles. The minimum Gasteiger partial charge on any atom is -0.455 e. The number of aromatic nitrogens is 4. The van der Waals surface area contributed by atoms with Crippen LogP contribution in [0.5, 0.6) is 0 Å². The van der Waals surface area contributed by atoms with Crippen LogP contribution < -0.4 is 0 Å². The molecule has 0 radical (unpaired) electrons.